The van der Waals surface area contributed by atoms with Gasteiger partial charge in [-0.1, -0.05) is 32.4 Å². The molecule has 1 atom stereocenters. The summed E-state index contributed by atoms with van der Waals surface area (Å²) in [5.74, 6) is -1.90. The van der Waals surface area contributed by atoms with Gasteiger partial charge in [-0.2, -0.15) is 27.1 Å². The Morgan fingerprint density at radius 3 is 2.49 bits per heavy atom. The lowest BCUT2D eigenvalue weighted by atomic mass is 9.79. The predicted molar refractivity (Wildman–Crippen MR) is 136 cm³/mol. The minimum absolute atomic E-state index is 0.0128. The highest BCUT2D eigenvalue weighted by molar-refractivity contribution is 6.36. The van der Waals surface area contributed by atoms with Crippen molar-refractivity contribution < 1.29 is 36.6 Å². The SMILES string of the molecule is CCn1nc(C(=O)NCC2(O)CCC(C)CC2)c(Cl)c1-c1cnc(N[C@@H](C(C)C)C(F)(F)F)cc1OC(F)F. The summed E-state index contributed by atoms with van der Waals surface area (Å²) in [6.45, 7) is 3.34. The number of alkyl halides is 5. The maximum absolute atomic E-state index is 13.4. The lowest BCUT2D eigenvalue weighted by molar-refractivity contribution is -0.150. The highest BCUT2D eigenvalue weighted by atomic mass is 35.5. The van der Waals surface area contributed by atoms with Crippen molar-refractivity contribution in [2.75, 3.05) is 11.9 Å². The van der Waals surface area contributed by atoms with Gasteiger partial charge in [-0.15, -0.1) is 0 Å². The number of aryl methyl sites for hydroxylation is 1. The zero-order valence-corrected chi connectivity index (χ0v) is 22.8. The third-order valence-corrected chi connectivity index (χ3v) is 7.21. The highest BCUT2D eigenvalue weighted by Crippen LogP contribution is 2.39. The third-order valence-electron chi connectivity index (χ3n) is 6.85. The van der Waals surface area contributed by atoms with Gasteiger partial charge in [0.2, 0.25) is 0 Å². The van der Waals surface area contributed by atoms with Crippen molar-refractivity contribution in [1.29, 1.82) is 0 Å². The Kier molecular flexibility index (Phi) is 9.69. The Bertz CT molecular complexity index is 1150. The second-order valence-corrected chi connectivity index (χ2v) is 10.6. The molecule has 0 aliphatic heterocycles. The summed E-state index contributed by atoms with van der Waals surface area (Å²) in [7, 11) is 0. The average Bonchev–Trinajstić information content (AvgIpc) is 3.18. The summed E-state index contributed by atoms with van der Waals surface area (Å²) in [6, 6.07) is -1.07. The van der Waals surface area contributed by atoms with Gasteiger partial charge in [0.15, 0.2) is 5.69 Å². The number of aliphatic hydroxyl groups is 1. The van der Waals surface area contributed by atoms with Gasteiger partial charge in [0, 0.05) is 25.4 Å². The standard InChI is InChI=1S/C25H33ClF5N5O3/c1-5-36-20(18(26)19(35-36)22(37)33-12-24(38)8-6-14(4)7-9-24)15-11-32-17(10-16(15)39-23(27)28)34-21(13(2)3)25(29,30)31/h10-11,13-14,21,23,38H,5-9,12H2,1-4H3,(H,32,34)(H,33,37)/t14?,21-,24?/m0/s1. The maximum atomic E-state index is 13.4. The number of hydrogen-bond donors (Lipinski definition) is 3. The summed E-state index contributed by atoms with van der Waals surface area (Å²) in [5.41, 5.74) is -1.32. The molecule has 1 aliphatic rings. The summed E-state index contributed by atoms with van der Waals surface area (Å²) < 4.78 is 72.8. The van der Waals surface area contributed by atoms with Crippen LogP contribution in [0.5, 0.6) is 5.75 Å². The minimum atomic E-state index is -4.62. The van der Waals surface area contributed by atoms with Crippen molar-refractivity contribution in [2.45, 2.75) is 84.4 Å². The molecule has 8 nitrogen and oxygen atoms in total. The first kappa shape index (κ1) is 30.9. The first-order valence-corrected chi connectivity index (χ1v) is 13.1. The van der Waals surface area contributed by atoms with Crippen LogP contribution in [0.2, 0.25) is 5.02 Å². The lowest BCUT2D eigenvalue weighted by Gasteiger charge is -2.34. The molecule has 1 saturated carbocycles. The summed E-state index contributed by atoms with van der Waals surface area (Å²) in [4.78, 5) is 16.9. The van der Waals surface area contributed by atoms with Crippen LogP contribution in [-0.2, 0) is 6.54 Å². The zero-order valence-electron chi connectivity index (χ0n) is 22.1. The Morgan fingerprint density at radius 2 is 1.95 bits per heavy atom. The monoisotopic (exact) mass is 581 g/mol. The van der Waals surface area contributed by atoms with E-state index >= 15 is 0 Å². The van der Waals surface area contributed by atoms with Crippen molar-refractivity contribution in [1.82, 2.24) is 20.1 Å². The van der Waals surface area contributed by atoms with Crippen LogP contribution in [0.1, 0.15) is 63.9 Å². The number of amides is 1. The van der Waals surface area contributed by atoms with Crippen LogP contribution in [0, 0.1) is 11.8 Å². The number of halogens is 6. The van der Waals surface area contributed by atoms with Gasteiger partial charge in [-0.05, 0) is 44.4 Å². The molecule has 0 unspecified atom stereocenters. The summed E-state index contributed by atoms with van der Waals surface area (Å²) in [5, 5.41) is 19.7. The van der Waals surface area contributed by atoms with Gasteiger partial charge in [0.25, 0.3) is 5.91 Å². The van der Waals surface area contributed by atoms with E-state index in [1.807, 2.05) is 0 Å². The molecule has 1 aliphatic carbocycles. The molecule has 2 aromatic rings. The molecule has 1 fully saturated rings. The highest BCUT2D eigenvalue weighted by Gasteiger charge is 2.42. The van der Waals surface area contributed by atoms with Crippen molar-refractivity contribution >= 4 is 23.3 Å². The molecule has 0 bridgehead atoms. The van der Waals surface area contributed by atoms with Crippen molar-refractivity contribution in [2.24, 2.45) is 11.8 Å². The van der Waals surface area contributed by atoms with Gasteiger partial charge in [0.05, 0.1) is 21.9 Å². The number of carbonyl (C=O) groups is 1. The molecular formula is C25H33ClF5N5O3. The van der Waals surface area contributed by atoms with E-state index in [4.69, 9.17) is 11.6 Å². The van der Waals surface area contributed by atoms with Crippen molar-refractivity contribution in [3.63, 3.8) is 0 Å². The van der Waals surface area contributed by atoms with E-state index in [1.165, 1.54) is 18.5 Å². The number of hydrogen-bond acceptors (Lipinski definition) is 6. The molecule has 3 N–H and O–H groups in total. The lowest BCUT2D eigenvalue weighted by Crippen LogP contribution is -2.45. The molecule has 3 rings (SSSR count). The van der Waals surface area contributed by atoms with Gasteiger partial charge < -0.3 is 20.5 Å². The van der Waals surface area contributed by atoms with Crippen LogP contribution in [0.15, 0.2) is 12.3 Å². The summed E-state index contributed by atoms with van der Waals surface area (Å²) in [6.07, 6.45) is -0.864. The molecular weight excluding hydrogens is 549 g/mol. The van der Waals surface area contributed by atoms with E-state index in [1.54, 1.807) is 6.92 Å². The van der Waals surface area contributed by atoms with E-state index in [0.717, 1.165) is 25.1 Å². The fourth-order valence-corrected chi connectivity index (χ4v) is 4.87. The molecule has 218 valence electrons. The van der Waals surface area contributed by atoms with E-state index in [0.29, 0.717) is 18.8 Å². The Balaban J connectivity index is 1.93. The molecule has 39 heavy (non-hydrogen) atoms. The smallest absolute Gasteiger partial charge is 0.408 e. The predicted octanol–water partition coefficient (Wildman–Crippen LogP) is 5.89. The summed E-state index contributed by atoms with van der Waals surface area (Å²) >= 11 is 6.51. The van der Waals surface area contributed by atoms with Gasteiger partial charge >= 0.3 is 12.8 Å². The van der Waals surface area contributed by atoms with E-state index in [2.05, 4.69) is 32.4 Å². The number of ether oxygens (including phenoxy) is 1. The first-order chi connectivity index (χ1) is 18.1. The number of nitrogens with one attached hydrogen (secondary N) is 2. The molecule has 0 radical (unpaired) electrons. The maximum Gasteiger partial charge on any atom is 0.408 e. The topological polar surface area (TPSA) is 101 Å². The van der Waals surface area contributed by atoms with Crippen molar-refractivity contribution in [3.8, 4) is 17.0 Å². The van der Waals surface area contributed by atoms with Crippen LogP contribution < -0.4 is 15.4 Å². The Morgan fingerprint density at radius 1 is 1.31 bits per heavy atom. The second kappa shape index (κ2) is 12.2. The number of anilines is 1. The quantitative estimate of drug-likeness (QED) is 0.303. The molecule has 2 aromatic heterocycles. The van der Waals surface area contributed by atoms with E-state index in [9.17, 15) is 31.9 Å². The van der Waals surface area contributed by atoms with Gasteiger partial charge in [-0.3, -0.25) is 9.48 Å². The van der Waals surface area contributed by atoms with E-state index in [-0.39, 0.29) is 40.9 Å². The molecule has 0 aromatic carbocycles. The van der Waals surface area contributed by atoms with Crippen LogP contribution in [-0.4, -0.2) is 56.8 Å². The number of rotatable bonds is 10. The largest absolute Gasteiger partial charge is 0.434 e. The first-order valence-electron chi connectivity index (χ1n) is 12.7. The molecule has 14 heteroatoms. The minimum Gasteiger partial charge on any atom is -0.434 e. The number of carbonyl (C=O) groups excluding carboxylic acids is 1. The zero-order chi connectivity index (χ0) is 29.1. The second-order valence-electron chi connectivity index (χ2n) is 10.3. The fraction of sp³-hybridized carbons (Fsp3) is 0.640. The van der Waals surface area contributed by atoms with Gasteiger partial charge in [-0.25, -0.2) is 4.98 Å². The van der Waals surface area contributed by atoms with Crippen LogP contribution in [0.3, 0.4) is 0 Å². The average molecular weight is 582 g/mol. The van der Waals surface area contributed by atoms with Crippen LogP contribution in [0.4, 0.5) is 27.8 Å². The van der Waals surface area contributed by atoms with Gasteiger partial charge in [0.1, 0.15) is 17.6 Å². The Hall–Kier alpha value is -2.67. The van der Waals surface area contributed by atoms with Crippen molar-refractivity contribution in [3.05, 3.63) is 23.0 Å². The van der Waals surface area contributed by atoms with E-state index < -0.39 is 42.0 Å². The number of aromatic nitrogens is 3. The molecule has 2 heterocycles. The normalized spacial score (nSPS) is 20.8. The van der Waals surface area contributed by atoms with Crippen LogP contribution >= 0.6 is 11.6 Å². The number of nitrogens with zero attached hydrogens (tertiary/aromatic N) is 3. The molecule has 0 spiro atoms. The Labute approximate surface area is 228 Å². The van der Waals surface area contributed by atoms with Crippen LogP contribution in [0.25, 0.3) is 11.3 Å². The molecule has 1 amide bonds. The molecule has 0 saturated heterocycles. The number of pyridine rings is 1. The fourth-order valence-electron chi connectivity index (χ4n) is 4.55. The third kappa shape index (κ3) is 7.50.